The molecule has 0 radical (unpaired) electrons. The summed E-state index contributed by atoms with van der Waals surface area (Å²) in [5.74, 6) is 0. The standard InChI is InChI=1S/C52H30S2/c1-2-11-33-28-35(21-20-31(33)10-1)34-12-9-13-36(29-34)48-39-15-3-5-17-41(39)49(42-18-6-4-16-40(42)48)37-23-26-44-47(30-37)53-46-27-24-32-22-25-43-38-14-7-8-19-45(38)54-52(43)50(32)51(44)46/h1-30H. The first kappa shape index (κ1) is 30.2. The Morgan fingerprint density at radius 3 is 1.61 bits per heavy atom. The largest absolute Gasteiger partial charge is 0.135 e. The number of hydrogen-bond donors (Lipinski definition) is 0. The fourth-order valence-electron chi connectivity index (χ4n) is 8.99. The van der Waals surface area contributed by atoms with E-state index in [0.29, 0.717) is 0 Å². The van der Waals surface area contributed by atoms with Gasteiger partial charge in [-0.1, -0.05) is 152 Å². The molecule has 12 rings (SSSR count). The summed E-state index contributed by atoms with van der Waals surface area (Å²) in [6.45, 7) is 0. The van der Waals surface area contributed by atoms with Gasteiger partial charge in [0, 0.05) is 45.7 Å². The zero-order chi connectivity index (χ0) is 35.3. The molecule has 250 valence electrons. The first-order valence-corrected chi connectivity index (χ1v) is 20.1. The van der Waals surface area contributed by atoms with Gasteiger partial charge in [-0.05, 0) is 101 Å². The molecule has 0 atom stereocenters. The number of fused-ring (bicyclic) bond motifs is 12. The molecule has 0 N–H and O–H groups in total. The van der Waals surface area contributed by atoms with Crippen LogP contribution in [0.5, 0.6) is 0 Å². The molecule has 0 aliphatic rings. The third kappa shape index (κ3) is 4.42. The van der Waals surface area contributed by atoms with Crippen molar-refractivity contribution in [2.24, 2.45) is 0 Å². The molecule has 2 heteroatoms. The van der Waals surface area contributed by atoms with Crippen LogP contribution in [0.4, 0.5) is 0 Å². The SMILES string of the molecule is c1cc(-c2ccc3ccccc3c2)cc(-c2c3ccccc3c(-c3ccc4c(c3)sc3ccc5ccc6c7ccccc7sc6c5c34)c3ccccc23)c1. The summed E-state index contributed by atoms with van der Waals surface area (Å²) in [5, 5.41) is 15.7. The first-order chi connectivity index (χ1) is 26.8. The normalized spacial score (nSPS) is 12.1. The lowest BCUT2D eigenvalue weighted by molar-refractivity contribution is 1.63. The minimum absolute atomic E-state index is 1.23. The predicted octanol–water partition coefficient (Wildman–Crippen LogP) is 16.0. The van der Waals surface area contributed by atoms with Crippen LogP contribution in [0.3, 0.4) is 0 Å². The maximum Gasteiger partial charge on any atom is 0.0440 e. The zero-order valence-corrected chi connectivity index (χ0v) is 30.8. The van der Waals surface area contributed by atoms with Crippen molar-refractivity contribution in [2.45, 2.75) is 0 Å². The highest BCUT2D eigenvalue weighted by Crippen LogP contribution is 2.48. The molecule has 54 heavy (non-hydrogen) atoms. The van der Waals surface area contributed by atoms with Crippen LogP contribution in [0.2, 0.25) is 0 Å². The minimum atomic E-state index is 1.23. The summed E-state index contributed by atoms with van der Waals surface area (Å²) in [5.41, 5.74) is 7.54. The third-order valence-corrected chi connectivity index (χ3v) is 13.7. The second-order valence-electron chi connectivity index (χ2n) is 14.4. The number of rotatable bonds is 3. The Morgan fingerprint density at radius 2 is 0.833 bits per heavy atom. The van der Waals surface area contributed by atoms with Gasteiger partial charge in [0.25, 0.3) is 0 Å². The van der Waals surface area contributed by atoms with Crippen LogP contribution in [0.25, 0.3) is 117 Å². The Kier molecular flexibility index (Phi) is 6.48. The van der Waals surface area contributed by atoms with Crippen LogP contribution in [-0.2, 0) is 0 Å². The van der Waals surface area contributed by atoms with Crippen molar-refractivity contribution < 1.29 is 0 Å². The van der Waals surface area contributed by atoms with E-state index >= 15 is 0 Å². The van der Waals surface area contributed by atoms with E-state index in [2.05, 4.69) is 182 Å². The molecule has 2 heterocycles. The van der Waals surface area contributed by atoms with Gasteiger partial charge in [0.05, 0.1) is 0 Å². The average Bonchev–Trinajstić information content (AvgIpc) is 3.81. The molecule has 12 aromatic rings. The van der Waals surface area contributed by atoms with Gasteiger partial charge in [-0.15, -0.1) is 22.7 Å². The van der Waals surface area contributed by atoms with Gasteiger partial charge in [0.15, 0.2) is 0 Å². The molecule has 0 nitrogen and oxygen atoms in total. The second-order valence-corrected chi connectivity index (χ2v) is 16.5. The Balaban J connectivity index is 1.08. The van der Waals surface area contributed by atoms with Gasteiger partial charge in [-0.3, -0.25) is 0 Å². The molecule has 0 saturated carbocycles. The van der Waals surface area contributed by atoms with E-state index in [1.54, 1.807) is 0 Å². The minimum Gasteiger partial charge on any atom is -0.135 e. The summed E-state index contributed by atoms with van der Waals surface area (Å²) in [6, 6.07) is 67.8. The van der Waals surface area contributed by atoms with E-state index in [1.807, 2.05) is 22.7 Å². The van der Waals surface area contributed by atoms with Gasteiger partial charge < -0.3 is 0 Å². The Bertz CT molecular complexity index is 3450. The maximum atomic E-state index is 2.45. The van der Waals surface area contributed by atoms with Crippen LogP contribution in [0, 0.1) is 0 Å². The molecule has 0 amide bonds. The van der Waals surface area contributed by atoms with Crippen molar-refractivity contribution in [1.29, 1.82) is 0 Å². The van der Waals surface area contributed by atoms with Crippen molar-refractivity contribution in [3.8, 4) is 33.4 Å². The third-order valence-electron chi connectivity index (χ3n) is 11.4. The molecule has 10 aromatic carbocycles. The number of benzene rings is 10. The molecule has 0 aliphatic carbocycles. The molecule has 0 spiro atoms. The summed E-state index contributed by atoms with van der Waals surface area (Å²) in [4.78, 5) is 0. The summed E-state index contributed by atoms with van der Waals surface area (Å²) in [6.07, 6.45) is 0. The summed E-state index contributed by atoms with van der Waals surface area (Å²) >= 11 is 3.84. The van der Waals surface area contributed by atoms with Gasteiger partial charge in [-0.2, -0.15) is 0 Å². The maximum absolute atomic E-state index is 2.45. The van der Waals surface area contributed by atoms with Gasteiger partial charge >= 0.3 is 0 Å². The zero-order valence-electron chi connectivity index (χ0n) is 29.1. The van der Waals surface area contributed by atoms with E-state index in [4.69, 9.17) is 0 Å². The van der Waals surface area contributed by atoms with Crippen LogP contribution >= 0.6 is 22.7 Å². The molecule has 0 aliphatic heterocycles. The van der Waals surface area contributed by atoms with Crippen molar-refractivity contribution in [2.75, 3.05) is 0 Å². The second kappa shape index (κ2) is 11.6. The van der Waals surface area contributed by atoms with E-state index < -0.39 is 0 Å². The Hall–Kier alpha value is -6.32. The number of hydrogen-bond acceptors (Lipinski definition) is 2. The topological polar surface area (TPSA) is 0 Å². The van der Waals surface area contributed by atoms with Crippen molar-refractivity contribution in [3.63, 3.8) is 0 Å². The highest BCUT2D eigenvalue weighted by Gasteiger charge is 2.19. The highest BCUT2D eigenvalue weighted by atomic mass is 32.1. The fraction of sp³-hybridized carbons (Fsp3) is 0. The van der Waals surface area contributed by atoms with Crippen molar-refractivity contribution >= 4 is 106 Å². The highest BCUT2D eigenvalue weighted by molar-refractivity contribution is 7.28. The van der Waals surface area contributed by atoms with Crippen LogP contribution in [-0.4, -0.2) is 0 Å². The van der Waals surface area contributed by atoms with E-state index in [-0.39, 0.29) is 0 Å². The Morgan fingerprint density at radius 1 is 0.259 bits per heavy atom. The monoisotopic (exact) mass is 718 g/mol. The lowest BCUT2D eigenvalue weighted by atomic mass is 9.85. The summed E-state index contributed by atoms with van der Waals surface area (Å²) in [7, 11) is 0. The Labute approximate surface area is 319 Å². The molecular formula is C52H30S2. The lowest BCUT2D eigenvalue weighted by Gasteiger charge is -2.18. The van der Waals surface area contributed by atoms with Crippen LogP contribution in [0.1, 0.15) is 0 Å². The predicted molar refractivity (Wildman–Crippen MR) is 239 cm³/mol. The molecule has 0 unspecified atom stereocenters. The van der Waals surface area contributed by atoms with Gasteiger partial charge in [0.2, 0.25) is 0 Å². The average molecular weight is 719 g/mol. The van der Waals surface area contributed by atoms with Gasteiger partial charge in [-0.25, -0.2) is 0 Å². The molecule has 0 bridgehead atoms. The van der Waals surface area contributed by atoms with Gasteiger partial charge in [0.1, 0.15) is 0 Å². The molecular weight excluding hydrogens is 689 g/mol. The van der Waals surface area contributed by atoms with Crippen molar-refractivity contribution in [1.82, 2.24) is 0 Å². The molecule has 0 saturated heterocycles. The quantitative estimate of drug-likeness (QED) is 0.160. The summed E-state index contributed by atoms with van der Waals surface area (Å²) < 4.78 is 5.41. The van der Waals surface area contributed by atoms with Crippen molar-refractivity contribution in [3.05, 3.63) is 182 Å². The molecule has 2 aromatic heterocycles. The number of thiophene rings is 2. The van der Waals surface area contributed by atoms with Crippen LogP contribution < -0.4 is 0 Å². The van der Waals surface area contributed by atoms with E-state index in [1.165, 1.54) is 117 Å². The smallest absolute Gasteiger partial charge is 0.0440 e. The fourth-order valence-corrected chi connectivity index (χ4v) is 11.4. The lowest BCUT2D eigenvalue weighted by Crippen LogP contribution is -1.91. The van der Waals surface area contributed by atoms with E-state index in [9.17, 15) is 0 Å². The first-order valence-electron chi connectivity index (χ1n) is 18.5. The van der Waals surface area contributed by atoms with E-state index in [0.717, 1.165) is 0 Å². The molecule has 0 fully saturated rings. The van der Waals surface area contributed by atoms with Crippen LogP contribution in [0.15, 0.2) is 182 Å².